The minimum Gasteiger partial charge on any atom is -0.366 e. The van der Waals surface area contributed by atoms with Crippen LogP contribution in [0.4, 0.5) is 5.69 Å². The standard InChI is InChI=1S/C15H18N2OS/c1-10-12(3)19-7-6-17(10)15-8-13(9-16)4-5-14(15)11(2)18/h4-5,8,10,12H,6-7H2,1-3H3. The molecule has 19 heavy (non-hydrogen) atoms. The van der Waals surface area contributed by atoms with Crippen molar-refractivity contribution in [3.05, 3.63) is 29.3 Å². The topological polar surface area (TPSA) is 44.1 Å². The molecule has 0 aliphatic carbocycles. The second-order valence-electron chi connectivity index (χ2n) is 4.91. The van der Waals surface area contributed by atoms with Crippen LogP contribution in [-0.2, 0) is 0 Å². The Balaban J connectivity index is 2.47. The quantitative estimate of drug-likeness (QED) is 0.777. The van der Waals surface area contributed by atoms with Gasteiger partial charge < -0.3 is 4.90 Å². The number of rotatable bonds is 2. The SMILES string of the molecule is CC(=O)c1ccc(C#N)cc1N1CCSC(C)C1C. The third-order valence-corrected chi connectivity index (χ3v) is 5.04. The van der Waals surface area contributed by atoms with E-state index in [0.717, 1.165) is 18.0 Å². The first-order valence-corrected chi connectivity index (χ1v) is 7.52. The van der Waals surface area contributed by atoms with Gasteiger partial charge in [-0.1, -0.05) is 6.92 Å². The van der Waals surface area contributed by atoms with E-state index in [4.69, 9.17) is 5.26 Å². The fourth-order valence-electron chi connectivity index (χ4n) is 2.41. The summed E-state index contributed by atoms with van der Waals surface area (Å²) in [5.74, 6) is 1.11. The molecule has 0 aromatic heterocycles. The van der Waals surface area contributed by atoms with Crippen LogP contribution in [0.15, 0.2) is 18.2 Å². The molecule has 2 atom stereocenters. The van der Waals surface area contributed by atoms with Gasteiger partial charge in [0.05, 0.1) is 11.6 Å². The lowest BCUT2D eigenvalue weighted by molar-refractivity contribution is 0.101. The molecule has 1 aromatic carbocycles. The average Bonchev–Trinajstić information content (AvgIpc) is 2.41. The highest BCUT2D eigenvalue weighted by molar-refractivity contribution is 8.00. The van der Waals surface area contributed by atoms with E-state index in [0.29, 0.717) is 22.4 Å². The predicted molar refractivity (Wildman–Crippen MR) is 79.9 cm³/mol. The highest BCUT2D eigenvalue weighted by atomic mass is 32.2. The Morgan fingerprint density at radius 3 is 2.84 bits per heavy atom. The van der Waals surface area contributed by atoms with Crippen LogP contribution in [0.2, 0.25) is 0 Å². The van der Waals surface area contributed by atoms with Crippen molar-refractivity contribution in [1.29, 1.82) is 5.26 Å². The van der Waals surface area contributed by atoms with Gasteiger partial charge >= 0.3 is 0 Å². The van der Waals surface area contributed by atoms with Crippen molar-refractivity contribution in [2.24, 2.45) is 0 Å². The number of thioether (sulfide) groups is 1. The Kier molecular flexibility index (Phi) is 4.16. The second-order valence-corrected chi connectivity index (χ2v) is 6.39. The second kappa shape index (κ2) is 5.66. The summed E-state index contributed by atoms with van der Waals surface area (Å²) in [7, 11) is 0. The van der Waals surface area contributed by atoms with E-state index in [-0.39, 0.29) is 5.78 Å². The van der Waals surface area contributed by atoms with Crippen molar-refractivity contribution >= 4 is 23.2 Å². The van der Waals surface area contributed by atoms with Crippen molar-refractivity contribution in [3.8, 4) is 6.07 Å². The summed E-state index contributed by atoms with van der Waals surface area (Å²) in [6, 6.07) is 7.85. The van der Waals surface area contributed by atoms with Crippen molar-refractivity contribution in [2.45, 2.75) is 32.1 Å². The molecule has 2 unspecified atom stereocenters. The van der Waals surface area contributed by atoms with E-state index in [2.05, 4.69) is 24.8 Å². The zero-order chi connectivity index (χ0) is 14.0. The molecule has 0 radical (unpaired) electrons. The van der Waals surface area contributed by atoms with Crippen molar-refractivity contribution in [3.63, 3.8) is 0 Å². The van der Waals surface area contributed by atoms with E-state index in [1.54, 1.807) is 19.1 Å². The van der Waals surface area contributed by atoms with Gasteiger partial charge in [0.2, 0.25) is 0 Å². The van der Waals surface area contributed by atoms with Crippen LogP contribution in [-0.4, -0.2) is 29.4 Å². The molecule has 1 aliphatic rings. The number of benzene rings is 1. The highest BCUT2D eigenvalue weighted by Crippen LogP contribution is 2.32. The van der Waals surface area contributed by atoms with Crippen LogP contribution in [0.3, 0.4) is 0 Å². The van der Waals surface area contributed by atoms with E-state index in [1.165, 1.54) is 0 Å². The molecule has 1 fully saturated rings. The zero-order valence-electron chi connectivity index (χ0n) is 11.5. The summed E-state index contributed by atoms with van der Waals surface area (Å²) in [6.45, 7) is 6.89. The van der Waals surface area contributed by atoms with E-state index in [9.17, 15) is 4.79 Å². The minimum absolute atomic E-state index is 0.0533. The summed E-state index contributed by atoms with van der Waals surface area (Å²) in [4.78, 5) is 14.0. The number of carbonyl (C=O) groups excluding carboxylic acids is 1. The van der Waals surface area contributed by atoms with Crippen molar-refractivity contribution < 1.29 is 4.79 Å². The number of nitrogens with zero attached hydrogens (tertiary/aromatic N) is 2. The van der Waals surface area contributed by atoms with Crippen molar-refractivity contribution in [2.75, 3.05) is 17.2 Å². The van der Waals surface area contributed by atoms with Gasteiger partial charge in [-0.3, -0.25) is 4.79 Å². The molecule has 1 heterocycles. The van der Waals surface area contributed by atoms with Crippen LogP contribution < -0.4 is 4.90 Å². The molecular formula is C15H18N2OS. The fraction of sp³-hybridized carbons (Fsp3) is 0.467. The summed E-state index contributed by atoms with van der Waals surface area (Å²) < 4.78 is 0. The highest BCUT2D eigenvalue weighted by Gasteiger charge is 2.27. The number of carbonyl (C=O) groups is 1. The van der Waals surface area contributed by atoms with Gasteiger partial charge in [-0.2, -0.15) is 17.0 Å². The van der Waals surface area contributed by atoms with Crippen LogP contribution >= 0.6 is 11.8 Å². The van der Waals surface area contributed by atoms with Gasteiger partial charge in [-0.25, -0.2) is 0 Å². The molecule has 0 saturated carbocycles. The Morgan fingerprint density at radius 1 is 1.47 bits per heavy atom. The largest absolute Gasteiger partial charge is 0.366 e. The Bertz CT molecular complexity index is 535. The molecule has 0 N–H and O–H groups in total. The maximum Gasteiger partial charge on any atom is 0.161 e. The number of Topliss-reactive ketones (excluding diaryl/α,β-unsaturated/α-hetero) is 1. The number of nitriles is 1. The lowest BCUT2D eigenvalue weighted by Crippen LogP contribution is -2.45. The molecule has 0 spiro atoms. The van der Waals surface area contributed by atoms with Crippen LogP contribution in [0.5, 0.6) is 0 Å². The van der Waals surface area contributed by atoms with Crippen LogP contribution in [0, 0.1) is 11.3 Å². The molecule has 100 valence electrons. The molecule has 4 heteroatoms. The van der Waals surface area contributed by atoms with Gasteiger partial charge in [-0.05, 0) is 32.0 Å². The molecule has 1 saturated heterocycles. The molecule has 3 nitrogen and oxygen atoms in total. The first-order valence-electron chi connectivity index (χ1n) is 6.48. The maximum absolute atomic E-state index is 11.8. The normalized spacial score (nSPS) is 22.9. The summed E-state index contributed by atoms with van der Waals surface area (Å²) >= 11 is 1.96. The monoisotopic (exact) mass is 274 g/mol. The minimum atomic E-state index is 0.0533. The third kappa shape index (κ3) is 2.76. The Morgan fingerprint density at radius 2 is 2.21 bits per heavy atom. The summed E-state index contributed by atoms with van der Waals surface area (Å²) in [5.41, 5.74) is 2.23. The number of hydrogen-bond donors (Lipinski definition) is 0. The van der Waals surface area contributed by atoms with Gasteiger partial charge in [-0.15, -0.1) is 0 Å². The molecule has 1 aliphatic heterocycles. The first-order chi connectivity index (χ1) is 9.04. The van der Waals surface area contributed by atoms with E-state index >= 15 is 0 Å². The van der Waals surface area contributed by atoms with Gasteiger partial charge in [0.1, 0.15) is 0 Å². The van der Waals surface area contributed by atoms with Crippen LogP contribution in [0.1, 0.15) is 36.7 Å². The molecule has 2 rings (SSSR count). The van der Waals surface area contributed by atoms with Crippen molar-refractivity contribution in [1.82, 2.24) is 0 Å². The summed E-state index contributed by atoms with van der Waals surface area (Å²) in [6.07, 6.45) is 0. The van der Waals surface area contributed by atoms with Gasteiger partial charge in [0.15, 0.2) is 5.78 Å². The van der Waals surface area contributed by atoms with E-state index in [1.807, 2.05) is 17.8 Å². The predicted octanol–water partition coefficient (Wildman–Crippen LogP) is 3.09. The van der Waals surface area contributed by atoms with E-state index < -0.39 is 0 Å². The number of anilines is 1. The molecule has 0 bridgehead atoms. The fourth-order valence-corrected chi connectivity index (χ4v) is 3.51. The Labute approximate surface area is 118 Å². The Hall–Kier alpha value is -1.47. The van der Waals surface area contributed by atoms with Gasteiger partial charge in [0.25, 0.3) is 0 Å². The lowest BCUT2D eigenvalue weighted by Gasteiger charge is -2.40. The zero-order valence-corrected chi connectivity index (χ0v) is 12.3. The van der Waals surface area contributed by atoms with Gasteiger partial charge in [0, 0.05) is 34.8 Å². The number of hydrogen-bond acceptors (Lipinski definition) is 4. The van der Waals surface area contributed by atoms with Crippen LogP contribution in [0.25, 0.3) is 0 Å². The molecule has 1 aromatic rings. The maximum atomic E-state index is 11.8. The number of ketones is 1. The summed E-state index contributed by atoms with van der Waals surface area (Å²) in [5, 5.41) is 9.58. The molecular weight excluding hydrogens is 256 g/mol. The smallest absolute Gasteiger partial charge is 0.161 e. The third-order valence-electron chi connectivity index (χ3n) is 3.70. The molecule has 0 amide bonds. The average molecular weight is 274 g/mol. The lowest BCUT2D eigenvalue weighted by atomic mass is 10.0. The first kappa shape index (κ1) is 14.0.